The van der Waals surface area contributed by atoms with Gasteiger partial charge in [0, 0.05) is 18.4 Å². The number of carbonyl (C=O) groups is 1. The Kier molecular flexibility index (Phi) is 3.16. The van der Waals surface area contributed by atoms with E-state index in [-0.39, 0.29) is 5.91 Å². The van der Waals surface area contributed by atoms with Gasteiger partial charge < -0.3 is 5.32 Å². The highest BCUT2D eigenvalue weighted by molar-refractivity contribution is 5.81. The minimum Gasteiger partial charge on any atom is -0.352 e. The minimum atomic E-state index is -0.594. The monoisotopic (exact) mass is 215 g/mol. The van der Waals surface area contributed by atoms with Gasteiger partial charge in [0.15, 0.2) is 0 Å². The average Bonchev–Trinajstić information content (AvgIpc) is 3.11. The Morgan fingerprint density at radius 2 is 2.25 bits per heavy atom. The topological polar surface area (TPSA) is 65.8 Å². The molecule has 1 aromatic heterocycles. The quantitative estimate of drug-likeness (QED) is 0.816. The summed E-state index contributed by atoms with van der Waals surface area (Å²) in [5.74, 6) is -0.746. The summed E-state index contributed by atoms with van der Waals surface area (Å²) in [4.78, 5) is 15.6. The second kappa shape index (κ2) is 4.75. The highest BCUT2D eigenvalue weighted by atomic mass is 16.1. The van der Waals surface area contributed by atoms with E-state index in [9.17, 15) is 4.79 Å². The predicted molar refractivity (Wildman–Crippen MR) is 58.2 cm³/mol. The van der Waals surface area contributed by atoms with E-state index in [4.69, 9.17) is 5.26 Å². The molecule has 2 rings (SSSR count). The number of nitrogens with zero attached hydrogens (tertiary/aromatic N) is 2. The molecule has 1 amide bonds. The SMILES string of the molecule is N#CC(Cc1ccncc1)C(=O)NC1CC1. The summed E-state index contributed by atoms with van der Waals surface area (Å²) in [5, 5.41) is 11.8. The van der Waals surface area contributed by atoms with Crippen LogP contribution in [0, 0.1) is 17.2 Å². The van der Waals surface area contributed by atoms with Crippen molar-refractivity contribution >= 4 is 5.91 Å². The van der Waals surface area contributed by atoms with Crippen molar-refractivity contribution < 1.29 is 4.79 Å². The highest BCUT2D eigenvalue weighted by Crippen LogP contribution is 2.19. The van der Waals surface area contributed by atoms with Gasteiger partial charge in [0.2, 0.25) is 5.91 Å². The van der Waals surface area contributed by atoms with Crippen LogP contribution in [0.15, 0.2) is 24.5 Å². The third-order valence-electron chi connectivity index (χ3n) is 2.59. The fourth-order valence-electron chi connectivity index (χ4n) is 1.48. The Bertz CT molecular complexity index is 406. The molecule has 1 saturated carbocycles. The smallest absolute Gasteiger partial charge is 0.237 e. The van der Waals surface area contributed by atoms with Crippen LogP contribution in [-0.4, -0.2) is 16.9 Å². The molecule has 0 radical (unpaired) electrons. The zero-order valence-corrected chi connectivity index (χ0v) is 8.89. The van der Waals surface area contributed by atoms with Crippen LogP contribution in [0.5, 0.6) is 0 Å². The summed E-state index contributed by atoms with van der Waals surface area (Å²) in [6.07, 6.45) is 5.88. The summed E-state index contributed by atoms with van der Waals surface area (Å²) in [5.41, 5.74) is 0.965. The van der Waals surface area contributed by atoms with Gasteiger partial charge >= 0.3 is 0 Å². The zero-order chi connectivity index (χ0) is 11.4. The van der Waals surface area contributed by atoms with Crippen molar-refractivity contribution in [1.29, 1.82) is 5.26 Å². The average molecular weight is 215 g/mol. The number of hydrogen-bond donors (Lipinski definition) is 1. The van der Waals surface area contributed by atoms with Crippen LogP contribution in [0.3, 0.4) is 0 Å². The lowest BCUT2D eigenvalue weighted by molar-refractivity contribution is -0.123. The molecule has 0 bridgehead atoms. The van der Waals surface area contributed by atoms with Gasteiger partial charge in [-0.1, -0.05) is 0 Å². The van der Waals surface area contributed by atoms with Gasteiger partial charge in [0.05, 0.1) is 6.07 Å². The normalized spacial score (nSPS) is 16.2. The van der Waals surface area contributed by atoms with Gasteiger partial charge in [-0.2, -0.15) is 5.26 Å². The number of hydrogen-bond acceptors (Lipinski definition) is 3. The maximum absolute atomic E-state index is 11.7. The Morgan fingerprint density at radius 3 is 2.81 bits per heavy atom. The summed E-state index contributed by atoms with van der Waals surface area (Å²) in [7, 11) is 0. The molecule has 1 atom stereocenters. The van der Waals surface area contributed by atoms with Crippen LogP contribution >= 0.6 is 0 Å². The first-order valence-corrected chi connectivity index (χ1v) is 5.38. The van der Waals surface area contributed by atoms with Crippen molar-refractivity contribution in [3.63, 3.8) is 0 Å². The van der Waals surface area contributed by atoms with Gasteiger partial charge in [-0.25, -0.2) is 0 Å². The highest BCUT2D eigenvalue weighted by Gasteiger charge is 2.27. The fourth-order valence-corrected chi connectivity index (χ4v) is 1.48. The Balaban J connectivity index is 1.95. The number of aromatic nitrogens is 1. The number of nitrogens with one attached hydrogen (secondary N) is 1. The Morgan fingerprint density at radius 1 is 1.56 bits per heavy atom. The van der Waals surface area contributed by atoms with Crippen LogP contribution in [0.25, 0.3) is 0 Å². The predicted octanol–water partition coefficient (Wildman–Crippen LogP) is 1.04. The van der Waals surface area contributed by atoms with Crippen LogP contribution in [0.4, 0.5) is 0 Å². The van der Waals surface area contributed by atoms with Crippen molar-refractivity contribution in [3.05, 3.63) is 30.1 Å². The van der Waals surface area contributed by atoms with E-state index in [2.05, 4.69) is 16.4 Å². The van der Waals surface area contributed by atoms with Crippen LogP contribution in [0.2, 0.25) is 0 Å². The molecule has 82 valence electrons. The molecule has 0 aromatic carbocycles. The number of carbonyl (C=O) groups excluding carboxylic acids is 1. The van der Waals surface area contributed by atoms with Crippen molar-refractivity contribution in [2.45, 2.75) is 25.3 Å². The van der Waals surface area contributed by atoms with Crippen LogP contribution < -0.4 is 5.32 Å². The first kappa shape index (κ1) is 10.6. The minimum absolute atomic E-state index is 0.151. The maximum atomic E-state index is 11.7. The van der Waals surface area contributed by atoms with Crippen molar-refractivity contribution in [3.8, 4) is 6.07 Å². The molecule has 4 nitrogen and oxygen atoms in total. The molecule has 1 aliphatic carbocycles. The first-order chi connectivity index (χ1) is 7.79. The van der Waals surface area contributed by atoms with E-state index >= 15 is 0 Å². The number of amides is 1. The molecule has 16 heavy (non-hydrogen) atoms. The third-order valence-corrected chi connectivity index (χ3v) is 2.59. The third kappa shape index (κ3) is 2.80. The van der Waals surface area contributed by atoms with Crippen molar-refractivity contribution in [1.82, 2.24) is 10.3 Å². The molecular weight excluding hydrogens is 202 g/mol. The second-order valence-corrected chi connectivity index (χ2v) is 4.02. The second-order valence-electron chi connectivity index (χ2n) is 4.02. The Hall–Kier alpha value is -1.89. The molecule has 1 heterocycles. The van der Waals surface area contributed by atoms with Crippen molar-refractivity contribution in [2.75, 3.05) is 0 Å². The lowest BCUT2D eigenvalue weighted by Crippen LogP contribution is -2.32. The molecule has 1 aromatic rings. The lowest BCUT2D eigenvalue weighted by atomic mass is 10.0. The summed E-state index contributed by atoms with van der Waals surface area (Å²) in [6, 6.07) is 6.01. The largest absolute Gasteiger partial charge is 0.352 e. The first-order valence-electron chi connectivity index (χ1n) is 5.38. The number of pyridine rings is 1. The molecule has 1 fully saturated rings. The van der Waals surface area contributed by atoms with Crippen molar-refractivity contribution in [2.24, 2.45) is 5.92 Å². The maximum Gasteiger partial charge on any atom is 0.237 e. The molecule has 0 aliphatic heterocycles. The van der Waals surface area contributed by atoms with E-state index in [1.54, 1.807) is 12.4 Å². The lowest BCUT2D eigenvalue weighted by Gasteiger charge is -2.09. The van der Waals surface area contributed by atoms with E-state index in [1.807, 2.05) is 12.1 Å². The Labute approximate surface area is 94.3 Å². The molecule has 0 spiro atoms. The van der Waals surface area contributed by atoms with E-state index < -0.39 is 5.92 Å². The van der Waals surface area contributed by atoms with Crippen LogP contribution in [-0.2, 0) is 11.2 Å². The molecule has 0 saturated heterocycles. The van der Waals surface area contributed by atoms with Gasteiger partial charge in [-0.05, 0) is 37.0 Å². The summed E-state index contributed by atoms with van der Waals surface area (Å²) >= 11 is 0. The van der Waals surface area contributed by atoms with E-state index in [1.165, 1.54) is 0 Å². The van der Waals surface area contributed by atoms with Crippen LogP contribution in [0.1, 0.15) is 18.4 Å². The summed E-state index contributed by atoms with van der Waals surface area (Å²) in [6.45, 7) is 0. The fraction of sp³-hybridized carbons (Fsp3) is 0.417. The van der Waals surface area contributed by atoms with Gasteiger partial charge in [-0.15, -0.1) is 0 Å². The number of rotatable bonds is 4. The molecule has 4 heteroatoms. The van der Waals surface area contributed by atoms with Gasteiger partial charge in [0.25, 0.3) is 0 Å². The molecule has 1 N–H and O–H groups in total. The molecule has 1 aliphatic rings. The molecule has 1 unspecified atom stereocenters. The van der Waals surface area contributed by atoms with E-state index in [0.717, 1.165) is 18.4 Å². The zero-order valence-electron chi connectivity index (χ0n) is 8.89. The summed E-state index contributed by atoms with van der Waals surface area (Å²) < 4.78 is 0. The van der Waals surface area contributed by atoms with E-state index in [0.29, 0.717) is 12.5 Å². The van der Waals surface area contributed by atoms with Gasteiger partial charge in [-0.3, -0.25) is 9.78 Å². The van der Waals surface area contributed by atoms with Gasteiger partial charge in [0.1, 0.15) is 5.92 Å². The molecular formula is C12H13N3O. The standard InChI is InChI=1S/C12H13N3O/c13-8-10(12(16)15-11-1-2-11)7-9-3-5-14-6-4-9/h3-6,10-11H,1-2,7H2,(H,15,16). The number of nitriles is 1.